The number of ether oxygens (including phenoxy) is 1. The van der Waals surface area contributed by atoms with E-state index in [9.17, 15) is 18.0 Å². The average Bonchev–Trinajstić information content (AvgIpc) is 2.85. The molecule has 21 heavy (non-hydrogen) atoms. The van der Waals surface area contributed by atoms with E-state index in [4.69, 9.17) is 0 Å². The fourth-order valence-electron chi connectivity index (χ4n) is 2.32. The van der Waals surface area contributed by atoms with E-state index < -0.39 is 6.36 Å². The molecule has 1 atom stereocenters. The maximum atomic E-state index is 12.2. The zero-order valence-corrected chi connectivity index (χ0v) is 11.6. The lowest BCUT2D eigenvalue weighted by Gasteiger charge is -2.20. The normalized spacial score (nSPS) is 18.7. The molecule has 0 saturated carbocycles. The predicted molar refractivity (Wildman–Crippen MR) is 72.2 cm³/mol. The summed E-state index contributed by atoms with van der Waals surface area (Å²) < 4.78 is 40.5. The number of hydrogen-bond acceptors (Lipinski definition) is 3. The Labute approximate surface area is 120 Å². The zero-order valence-electron chi connectivity index (χ0n) is 11.6. The SMILES string of the molecule is CCC(=O)N[C@@H]1CCN(c2cccc(OC(F)(F)F)c2)C1. The summed E-state index contributed by atoms with van der Waals surface area (Å²) in [5.41, 5.74) is 0.657. The standard InChI is InChI=1S/C14H17F3N2O2/c1-2-13(20)18-10-6-7-19(9-10)11-4-3-5-12(8-11)21-14(15,16)17/h3-5,8,10H,2,6-7,9H2,1H3,(H,18,20)/t10-/m1/s1. The predicted octanol–water partition coefficient (Wildman–Crippen LogP) is 2.69. The summed E-state index contributed by atoms with van der Waals surface area (Å²) in [6.07, 6.45) is -3.50. The van der Waals surface area contributed by atoms with Gasteiger partial charge in [0.05, 0.1) is 0 Å². The molecule has 0 unspecified atom stereocenters. The van der Waals surface area contributed by atoms with Crippen LogP contribution in [0.1, 0.15) is 19.8 Å². The van der Waals surface area contributed by atoms with Gasteiger partial charge < -0.3 is 15.0 Å². The summed E-state index contributed by atoms with van der Waals surface area (Å²) in [5.74, 6) is -0.253. The molecule has 1 fully saturated rings. The smallest absolute Gasteiger partial charge is 0.406 e. The molecule has 1 heterocycles. The Morgan fingerprint density at radius 3 is 2.90 bits per heavy atom. The second-order valence-corrected chi connectivity index (χ2v) is 4.90. The van der Waals surface area contributed by atoms with Crippen molar-refractivity contribution >= 4 is 11.6 Å². The molecular weight excluding hydrogens is 285 g/mol. The first-order valence-corrected chi connectivity index (χ1v) is 6.77. The molecule has 1 aliphatic heterocycles. The highest BCUT2D eigenvalue weighted by Gasteiger charge is 2.31. The van der Waals surface area contributed by atoms with E-state index in [-0.39, 0.29) is 17.7 Å². The van der Waals surface area contributed by atoms with Crippen LogP contribution in [0.5, 0.6) is 5.75 Å². The van der Waals surface area contributed by atoms with Gasteiger partial charge in [-0.1, -0.05) is 13.0 Å². The first kappa shape index (κ1) is 15.5. The van der Waals surface area contributed by atoms with Crippen LogP contribution in [0.2, 0.25) is 0 Å². The molecule has 2 rings (SSSR count). The Balaban J connectivity index is 2.00. The number of hydrogen-bond donors (Lipinski definition) is 1. The van der Waals surface area contributed by atoms with E-state index in [0.29, 0.717) is 25.2 Å². The molecule has 1 aromatic carbocycles. The van der Waals surface area contributed by atoms with Crippen LogP contribution >= 0.6 is 0 Å². The van der Waals surface area contributed by atoms with Crippen molar-refractivity contribution in [1.82, 2.24) is 5.32 Å². The summed E-state index contributed by atoms with van der Waals surface area (Å²) in [6.45, 7) is 3.05. The van der Waals surface area contributed by atoms with Gasteiger partial charge in [0.2, 0.25) is 5.91 Å². The van der Waals surface area contributed by atoms with Crippen LogP contribution in [-0.4, -0.2) is 31.4 Å². The van der Waals surface area contributed by atoms with Gasteiger partial charge in [0.25, 0.3) is 0 Å². The second-order valence-electron chi connectivity index (χ2n) is 4.90. The van der Waals surface area contributed by atoms with E-state index in [1.807, 2.05) is 4.90 Å². The summed E-state index contributed by atoms with van der Waals surface area (Å²) in [6, 6.07) is 5.91. The van der Waals surface area contributed by atoms with Crippen molar-refractivity contribution in [3.05, 3.63) is 24.3 Å². The highest BCUT2D eigenvalue weighted by atomic mass is 19.4. The molecule has 7 heteroatoms. The Hall–Kier alpha value is -1.92. The van der Waals surface area contributed by atoms with E-state index in [0.717, 1.165) is 6.42 Å². The van der Waals surface area contributed by atoms with Gasteiger partial charge in [-0.3, -0.25) is 4.79 Å². The minimum absolute atomic E-state index is 0.0176. The molecule has 4 nitrogen and oxygen atoms in total. The Kier molecular flexibility index (Phi) is 4.59. The fourth-order valence-corrected chi connectivity index (χ4v) is 2.32. The quantitative estimate of drug-likeness (QED) is 0.930. The monoisotopic (exact) mass is 302 g/mol. The van der Waals surface area contributed by atoms with E-state index in [1.165, 1.54) is 18.2 Å². The van der Waals surface area contributed by atoms with Crippen LogP contribution in [0, 0.1) is 0 Å². The van der Waals surface area contributed by atoms with Crippen molar-refractivity contribution in [1.29, 1.82) is 0 Å². The van der Waals surface area contributed by atoms with Crippen LogP contribution in [0.4, 0.5) is 18.9 Å². The number of halogens is 3. The van der Waals surface area contributed by atoms with Crippen molar-refractivity contribution in [3.63, 3.8) is 0 Å². The van der Waals surface area contributed by atoms with Gasteiger partial charge in [-0.15, -0.1) is 13.2 Å². The third-order valence-electron chi connectivity index (χ3n) is 3.29. The Morgan fingerprint density at radius 2 is 2.24 bits per heavy atom. The summed E-state index contributed by atoms with van der Waals surface area (Å²) in [5, 5.41) is 2.89. The zero-order chi connectivity index (χ0) is 15.5. The maximum Gasteiger partial charge on any atom is 0.573 e. The lowest BCUT2D eigenvalue weighted by Crippen LogP contribution is -2.36. The lowest BCUT2D eigenvalue weighted by atomic mass is 10.2. The summed E-state index contributed by atoms with van der Waals surface area (Å²) in [4.78, 5) is 13.3. The number of amides is 1. The molecule has 0 aliphatic carbocycles. The highest BCUT2D eigenvalue weighted by Crippen LogP contribution is 2.28. The Bertz CT molecular complexity index is 505. The minimum atomic E-state index is -4.69. The van der Waals surface area contributed by atoms with Crippen LogP contribution in [-0.2, 0) is 4.79 Å². The second kappa shape index (κ2) is 6.24. The molecule has 1 N–H and O–H groups in total. The van der Waals surface area contributed by atoms with Crippen molar-refractivity contribution in [3.8, 4) is 5.75 Å². The van der Waals surface area contributed by atoms with Gasteiger partial charge in [-0.25, -0.2) is 0 Å². The van der Waals surface area contributed by atoms with Gasteiger partial charge in [-0.2, -0.15) is 0 Å². The van der Waals surface area contributed by atoms with Gasteiger partial charge in [0, 0.05) is 37.3 Å². The number of alkyl halides is 3. The number of carbonyl (C=O) groups excluding carboxylic acids is 1. The molecule has 0 radical (unpaired) electrons. The number of nitrogens with one attached hydrogen (secondary N) is 1. The third-order valence-corrected chi connectivity index (χ3v) is 3.29. The van der Waals surface area contributed by atoms with Crippen molar-refractivity contribution < 1.29 is 22.7 Å². The van der Waals surface area contributed by atoms with Crippen molar-refractivity contribution in [2.75, 3.05) is 18.0 Å². The van der Waals surface area contributed by atoms with E-state index in [1.54, 1.807) is 13.0 Å². The first-order chi connectivity index (χ1) is 9.87. The van der Waals surface area contributed by atoms with E-state index in [2.05, 4.69) is 10.1 Å². The van der Waals surface area contributed by atoms with Gasteiger partial charge in [0.1, 0.15) is 5.75 Å². The summed E-state index contributed by atoms with van der Waals surface area (Å²) in [7, 11) is 0. The molecule has 1 amide bonds. The first-order valence-electron chi connectivity index (χ1n) is 6.77. The number of benzene rings is 1. The van der Waals surface area contributed by atoms with Gasteiger partial charge >= 0.3 is 6.36 Å². The molecule has 0 spiro atoms. The van der Waals surface area contributed by atoms with Crippen LogP contribution in [0.25, 0.3) is 0 Å². The molecule has 116 valence electrons. The Morgan fingerprint density at radius 1 is 1.48 bits per heavy atom. The van der Waals surface area contributed by atoms with Crippen LogP contribution in [0.3, 0.4) is 0 Å². The average molecular weight is 302 g/mol. The van der Waals surface area contributed by atoms with E-state index >= 15 is 0 Å². The van der Waals surface area contributed by atoms with Gasteiger partial charge in [0.15, 0.2) is 0 Å². The number of nitrogens with zero attached hydrogens (tertiary/aromatic N) is 1. The molecule has 1 aliphatic rings. The van der Waals surface area contributed by atoms with Crippen molar-refractivity contribution in [2.24, 2.45) is 0 Å². The fraction of sp³-hybridized carbons (Fsp3) is 0.500. The number of anilines is 1. The maximum absolute atomic E-state index is 12.2. The molecule has 1 aromatic rings. The van der Waals surface area contributed by atoms with Gasteiger partial charge in [-0.05, 0) is 18.6 Å². The van der Waals surface area contributed by atoms with Crippen molar-refractivity contribution in [2.45, 2.75) is 32.2 Å². The third kappa shape index (κ3) is 4.54. The summed E-state index contributed by atoms with van der Waals surface area (Å²) >= 11 is 0. The number of carbonyl (C=O) groups is 1. The topological polar surface area (TPSA) is 41.6 Å². The minimum Gasteiger partial charge on any atom is -0.406 e. The molecular formula is C14H17F3N2O2. The molecule has 1 saturated heterocycles. The highest BCUT2D eigenvalue weighted by molar-refractivity contribution is 5.76. The molecule has 0 aromatic heterocycles. The lowest BCUT2D eigenvalue weighted by molar-refractivity contribution is -0.274. The molecule has 0 bridgehead atoms. The van der Waals surface area contributed by atoms with Crippen LogP contribution in [0.15, 0.2) is 24.3 Å². The van der Waals surface area contributed by atoms with Crippen LogP contribution < -0.4 is 15.0 Å². The largest absolute Gasteiger partial charge is 0.573 e. The number of rotatable bonds is 4.